The third-order valence-corrected chi connectivity index (χ3v) is 3.91. The second-order valence-electron chi connectivity index (χ2n) is 3.66. The number of sulfonamides is 1. The molecule has 1 aromatic rings. The van der Waals surface area contributed by atoms with Crippen molar-refractivity contribution in [1.29, 1.82) is 0 Å². The quantitative estimate of drug-likeness (QED) is 0.885. The van der Waals surface area contributed by atoms with Crippen LogP contribution in [0, 0.1) is 0 Å². The number of hydrogen-bond donors (Lipinski definition) is 1. The van der Waals surface area contributed by atoms with Crippen molar-refractivity contribution < 1.29 is 8.42 Å². The highest BCUT2D eigenvalue weighted by molar-refractivity contribution is 9.10. The van der Waals surface area contributed by atoms with Crippen molar-refractivity contribution in [2.45, 2.75) is 4.90 Å². The smallest absolute Gasteiger partial charge is 0.240 e. The van der Waals surface area contributed by atoms with Crippen molar-refractivity contribution >= 4 is 38.4 Å². The monoisotopic (exact) mass is 342 g/mol. The Labute approximate surface area is 117 Å². The summed E-state index contributed by atoms with van der Waals surface area (Å²) in [5.41, 5.74) is 0. The lowest BCUT2D eigenvalue weighted by Crippen LogP contribution is -2.31. The molecule has 4 nitrogen and oxygen atoms in total. The molecule has 0 aromatic heterocycles. The number of rotatable bonds is 5. The molecule has 1 aromatic carbocycles. The minimum Gasteiger partial charge on any atom is -0.308 e. The summed E-state index contributed by atoms with van der Waals surface area (Å²) >= 11 is 3.25. The largest absolute Gasteiger partial charge is 0.308 e. The molecule has 0 aliphatic heterocycles. The zero-order valence-electron chi connectivity index (χ0n) is 9.68. The summed E-state index contributed by atoms with van der Waals surface area (Å²) in [4.78, 5) is 2.20. The molecule has 0 radical (unpaired) electrons. The van der Waals surface area contributed by atoms with Crippen LogP contribution < -0.4 is 4.72 Å². The Morgan fingerprint density at radius 3 is 2.53 bits per heavy atom. The van der Waals surface area contributed by atoms with Gasteiger partial charge in [-0.05, 0) is 32.3 Å². The van der Waals surface area contributed by atoms with E-state index in [1.165, 1.54) is 0 Å². The van der Waals surface area contributed by atoms with Crippen LogP contribution in [0.15, 0.2) is 33.6 Å². The standard InChI is InChI=1S/C10H15BrN2O2S.ClH/c1-13(2)7-6-12-16(14,15)10-5-3-4-9(11)8-10;/h3-5,8,12H,6-7H2,1-2H3;1H. The number of halogens is 2. The molecule has 0 saturated heterocycles. The van der Waals surface area contributed by atoms with Gasteiger partial charge in [0.25, 0.3) is 0 Å². The molecule has 0 aliphatic rings. The molecule has 1 N–H and O–H groups in total. The van der Waals surface area contributed by atoms with Gasteiger partial charge in [-0.2, -0.15) is 0 Å². The van der Waals surface area contributed by atoms with E-state index in [0.29, 0.717) is 13.1 Å². The maximum Gasteiger partial charge on any atom is 0.240 e. The molecule has 17 heavy (non-hydrogen) atoms. The zero-order chi connectivity index (χ0) is 12.2. The van der Waals surface area contributed by atoms with Gasteiger partial charge in [0.05, 0.1) is 4.90 Å². The highest BCUT2D eigenvalue weighted by Gasteiger charge is 2.13. The molecule has 0 heterocycles. The zero-order valence-corrected chi connectivity index (χ0v) is 12.9. The van der Waals surface area contributed by atoms with Gasteiger partial charge in [0.2, 0.25) is 10.0 Å². The summed E-state index contributed by atoms with van der Waals surface area (Å²) in [6.07, 6.45) is 0. The van der Waals surface area contributed by atoms with Gasteiger partial charge in [0, 0.05) is 17.6 Å². The maximum atomic E-state index is 11.8. The van der Waals surface area contributed by atoms with Gasteiger partial charge < -0.3 is 4.90 Å². The Morgan fingerprint density at radius 2 is 2.00 bits per heavy atom. The Morgan fingerprint density at radius 1 is 1.35 bits per heavy atom. The van der Waals surface area contributed by atoms with Crippen LogP contribution in [0.2, 0.25) is 0 Å². The van der Waals surface area contributed by atoms with E-state index >= 15 is 0 Å². The van der Waals surface area contributed by atoms with Gasteiger partial charge in [0.15, 0.2) is 0 Å². The van der Waals surface area contributed by atoms with E-state index in [-0.39, 0.29) is 17.3 Å². The summed E-state index contributed by atoms with van der Waals surface area (Å²) < 4.78 is 26.9. The van der Waals surface area contributed by atoms with Crippen LogP contribution >= 0.6 is 28.3 Å². The van der Waals surface area contributed by atoms with Gasteiger partial charge in [-0.15, -0.1) is 12.4 Å². The molecule has 0 aliphatic carbocycles. The van der Waals surface area contributed by atoms with Crippen LogP contribution in [0.5, 0.6) is 0 Å². The molecule has 98 valence electrons. The Balaban J connectivity index is 0.00000256. The first-order valence-electron chi connectivity index (χ1n) is 4.82. The van der Waals surface area contributed by atoms with E-state index in [9.17, 15) is 8.42 Å². The maximum absolute atomic E-state index is 11.8. The molecule has 1 rings (SSSR count). The topological polar surface area (TPSA) is 49.4 Å². The fraction of sp³-hybridized carbons (Fsp3) is 0.400. The molecule has 0 fully saturated rings. The second-order valence-corrected chi connectivity index (χ2v) is 6.34. The van der Waals surface area contributed by atoms with Crippen molar-refractivity contribution in [2.24, 2.45) is 0 Å². The van der Waals surface area contributed by atoms with Crippen molar-refractivity contribution in [2.75, 3.05) is 27.2 Å². The van der Waals surface area contributed by atoms with E-state index in [2.05, 4.69) is 20.7 Å². The first kappa shape index (κ1) is 16.9. The lowest BCUT2D eigenvalue weighted by Gasteiger charge is -2.11. The molecule has 0 atom stereocenters. The van der Waals surface area contributed by atoms with E-state index in [4.69, 9.17) is 0 Å². The first-order valence-corrected chi connectivity index (χ1v) is 7.09. The molecular weight excluding hydrogens is 328 g/mol. The summed E-state index contributed by atoms with van der Waals surface area (Å²) in [6.45, 7) is 1.08. The summed E-state index contributed by atoms with van der Waals surface area (Å²) in [7, 11) is 0.407. The number of likely N-dealkylation sites (N-methyl/N-ethyl adjacent to an activating group) is 1. The highest BCUT2D eigenvalue weighted by Crippen LogP contribution is 2.15. The number of nitrogens with one attached hydrogen (secondary N) is 1. The Kier molecular flexibility index (Phi) is 7.27. The Hall–Kier alpha value is -0.140. The lowest BCUT2D eigenvalue weighted by molar-refractivity contribution is 0.412. The summed E-state index contributed by atoms with van der Waals surface area (Å²) in [5, 5.41) is 0. The average molecular weight is 344 g/mol. The van der Waals surface area contributed by atoms with Gasteiger partial charge >= 0.3 is 0 Å². The minimum atomic E-state index is -3.39. The van der Waals surface area contributed by atoms with E-state index in [1.807, 2.05) is 19.0 Å². The molecule has 0 spiro atoms. The third kappa shape index (κ3) is 5.83. The molecule has 0 bridgehead atoms. The van der Waals surface area contributed by atoms with Crippen LogP contribution in [0.4, 0.5) is 0 Å². The first-order chi connectivity index (χ1) is 7.42. The van der Waals surface area contributed by atoms with Gasteiger partial charge in [-0.1, -0.05) is 22.0 Å². The van der Waals surface area contributed by atoms with Crippen molar-refractivity contribution in [3.8, 4) is 0 Å². The SMILES string of the molecule is CN(C)CCNS(=O)(=O)c1cccc(Br)c1.Cl. The van der Waals surface area contributed by atoms with Crippen molar-refractivity contribution in [1.82, 2.24) is 9.62 Å². The number of hydrogen-bond acceptors (Lipinski definition) is 3. The van der Waals surface area contributed by atoms with Crippen LogP contribution in [0.25, 0.3) is 0 Å². The predicted molar refractivity (Wildman–Crippen MR) is 75.1 cm³/mol. The van der Waals surface area contributed by atoms with E-state index in [0.717, 1.165) is 4.47 Å². The molecular formula is C10H16BrClN2O2S. The van der Waals surface area contributed by atoms with E-state index < -0.39 is 10.0 Å². The number of nitrogens with zero attached hydrogens (tertiary/aromatic N) is 1. The molecule has 7 heteroatoms. The number of benzene rings is 1. The van der Waals surface area contributed by atoms with Gasteiger partial charge in [-0.3, -0.25) is 0 Å². The summed E-state index contributed by atoms with van der Waals surface area (Å²) in [5.74, 6) is 0. The Bertz CT molecular complexity index is 451. The van der Waals surface area contributed by atoms with Gasteiger partial charge in [0.1, 0.15) is 0 Å². The fourth-order valence-corrected chi connectivity index (χ4v) is 2.74. The summed E-state index contributed by atoms with van der Waals surface area (Å²) in [6, 6.07) is 6.64. The minimum absolute atomic E-state index is 0. The van der Waals surface area contributed by atoms with Crippen molar-refractivity contribution in [3.63, 3.8) is 0 Å². The second kappa shape index (κ2) is 7.33. The molecule has 0 unspecified atom stereocenters. The predicted octanol–water partition coefficient (Wildman–Crippen LogP) is 1.71. The normalized spacial score (nSPS) is 11.3. The van der Waals surface area contributed by atoms with Crippen molar-refractivity contribution in [3.05, 3.63) is 28.7 Å². The van der Waals surface area contributed by atoms with Crippen LogP contribution in [-0.2, 0) is 10.0 Å². The molecule has 0 saturated carbocycles. The van der Waals surface area contributed by atoms with Crippen LogP contribution in [-0.4, -0.2) is 40.5 Å². The fourth-order valence-electron chi connectivity index (χ4n) is 1.12. The van der Waals surface area contributed by atoms with E-state index in [1.54, 1.807) is 24.3 Å². The average Bonchev–Trinajstić information content (AvgIpc) is 2.16. The molecule has 0 amide bonds. The van der Waals surface area contributed by atoms with Crippen LogP contribution in [0.3, 0.4) is 0 Å². The third-order valence-electron chi connectivity index (χ3n) is 1.96. The lowest BCUT2D eigenvalue weighted by atomic mass is 10.4. The van der Waals surface area contributed by atoms with Crippen LogP contribution in [0.1, 0.15) is 0 Å². The highest BCUT2D eigenvalue weighted by atomic mass is 79.9. The van der Waals surface area contributed by atoms with Gasteiger partial charge in [-0.25, -0.2) is 13.1 Å².